The molecule has 1 fully saturated rings. The van der Waals surface area contributed by atoms with E-state index >= 15 is 0 Å². The van der Waals surface area contributed by atoms with E-state index in [0.717, 1.165) is 73.2 Å². The molecule has 6 heterocycles. The SMILES string of the molecule is C=CCOc1cc(O)c2c(c1)OC(C)(C)CC2=O.C=CCOc1cc(OC)c2c(c1)OC(C)(C)CC2=O.CC1(C)CC(=O)c2c(O)cc(O)cc2O1.COc1cc(OC)c2c(c1CCN1CCC(n3ccc4ccc(C(N)=O)cc43)CC1)OC(C)(C)CC2=O.Oc1cc(O)cc(O)c1. The smallest absolute Gasteiger partial charge is 0.248 e. The molecular weight excluding hydrogens is 1260 g/mol. The summed E-state index contributed by atoms with van der Waals surface area (Å²) in [6, 6.07) is 22.2. The highest BCUT2D eigenvalue weighted by atomic mass is 16.5. The van der Waals surface area contributed by atoms with E-state index in [1.165, 1.54) is 19.2 Å². The first-order valence-corrected chi connectivity index (χ1v) is 31.8. The zero-order chi connectivity index (χ0) is 71.8. The number of hydrogen-bond acceptors (Lipinski definition) is 21. The number of phenolic OH excluding ortho intramolecular Hbond substituents is 6. The number of carbonyl (C=O) groups excluding carboxylic acids is 5. The maximum absolute atomic E-state index is 13.0. The number of nitrogens with two attached hydrogens (primary N) is 1. The van der Waals surface area contributed by atoms with Gasteiger partial charge in [-0.05, 0) is 98.2 Å². The van der Waals surface area contributed by atoms with Gasteiger partial charge in [0.2, 0.25) is 5.91 Å². The third-order valence-corrected chi connectivity index (χ3v) is 16.4. The van der Waals surface area contributed by atoms with Crippen LogP contribution in [0.1, 0.15) is 157 Å². The van der Waals surface area contributed by atoms with Crippen LogP contribution in [0.15, 0.2) is 116 Å². The number of nitrogens with zero attached hydrogens (tertiary/aromatic N) is 2. The molecule has 0 unspecified atom stereocenters. The summed E-state index contributed by atoms with van der Waals surface area (Å²) < 4.78 is 53.0. The van der Waals surface area contributed by atoms with Crippen LogP contribution in [0, 0.1) is 0 Å². The summed E-state index contributed by atoms with van der Waals surface area (Å²) in [5, 5.41) is 55.8. The van der Waals surface area contributed by atoms with Gasteiger partial charge in [-0.2, -0.15) is 0 Å². The summed E-state index contributed by atoms with van der Waals surface area (Å²) in [6.45, 7) is 25.5. The second-order valence-corrected chi connectivity index (χ2v) is 26.6. The van der Waals surface area contributed by atoms with Crippen molar-refractivity contribution in [1.82, 2.24) is 9.47 Å². The number of likely N-dealkylation sites (tertiary alicyclic amines) is 1. The van der Waals surface area contributed by atoms with Gasteiger partial charge in [0.25, 0.3) is 0 Å². The molecule has 23 nitrogen and oxygen atoms in total. The Morgan fingerprint density at radius 1 is 0.541 bits per heavy atom. The quantitative estimate of drug-likeness (QED) is 0.0497. The molecule has 1 saturated heterocycles. The number of carbonyl (C=O) groups is 5. The third-order valence-electron chi connectivity index (χ3n) is 16.4. The molecule has 23 heteroatoms. The summed E-state index contributed by atoms with van der Waals surface area (Å²) in [5.41, 5.74) is 7.17. The normalized spacial score (nSPS) is 16.6. The monoisotopic (exact) mass is 1350 g/mol. The first kappa shape index (κ1) is 73.3. The maximum Gasteiger partial charge on any atom is 0.248 e. The van der Waals surface area contributed by atoms with E-state index in [-0.39, 0.29) is 87.3 Å². The first-order valence-electron chi connectivity index (χ1n) is 31.8. The number of phenols is 6. The van der Waals surface area contributed by atoms with Gasteiger partial charge in [-0.25, -0.2) is 0 Å². The fourth-order valence-corrected chi connectivity index (χ4v) is 12.2. The fourth-order valence-electron chi connectivity index (χ4n) is 12.2. The highest BCUT2D eigenvalue weighted by molar-refractivity contribution is 6.05. The van der Waals surface area contributed by atoms with E-state index in [1.54, 1.807) is 70.6 Å². The van der Waals surface area contributed by atoms with E-state index in [9.17, 15) is 39.3 Å². The van der Waals surface area contributed by atoms with Crippen LogP contribution in [-0.4, -0.2) is 146 Å². The van der Waals surface area contributed by atoms with Crippen molar-refractivity contribution < 1.29 is 97.2 Å². The Kier molecular flexibility index (Phi) is 22.6. The lowest BCUT2D eigenvalue weighted by molar-refractivity contribution is 0.0593. The van der Waals surface area contributed by atoms with Gasteiger partial charge in [0.1, 0.15) is 144 Å². The Bertz CT molecular complexity index is 4120. The topological polar surface area (TPSA) is 324 Å². The molecule has 5 aliphatic rings. The average molecular weight is 1350 g/mol. The number of hydrogen-bond donors (Lipinski definition) is 7. The first-order chi connectivity index (χ1) is 46.2. The minimum Gasteiger partial charge on any atom is -0.508 e. The van der Waals surface area contributed by atoms with Gasteiger partial charge < -0.3 is 88.5 Å². The lowest BCUT2D eigenvalue weighted by Crippen LogP contribution is -2.38. The molecule has 0 atom stereocenters. The number of methoxy groups -OCH3 is 3. The van der Waals surface area contributed by atoms with Crippen LogP contribution in [-0.2, 0) is 6.42 Å². The summed E-state index contributed by atoms with van der Waals surface area (Å²) in [7, 11) is 4.73. The third kappa shape index (κ3) is 17.9. The number of aromatic hydroxyl groups is 6. The Balaban J connectivity index is 0.000000170. The number of rotatable bonds is 14. The van der Waals surface area contributed by atoms with E-state index in [2.05, 4.69) is 34.9 Å². The van der Waals surface area contributed by atoms with Crippen LogP contribution >= 0.6 is 0 Å². The number of amides is 1. The number of aromatic nitrogens is 1. The highest BCUT2D eigenvalue weighted by Crippen LogP contribution is 2.47. The molecule has 7 aromatic rings. The lowest BCUT2D eigenvalue weighted by atomic mass is 9.89. The average Bonchev–Trinajstić information content (AvgIpc) is 1.70. The van der Waals surface area contributed by atoms with Crippen molar-refractivity contribution in [3.8, 4) is 86.2 Å². The Hall–Kier alpha value is -10.6. The van der Waals surface area contributed by atoms with Crippen molar-refractivity contribution in [2.24, 2.45) is 5.73 Å². The van der Waals surface area contributed by atoms with E-state index in [4.69, 9.17) is 63.7 Å². The van der Waals surface area contributed by atoms with Crippen molar-refractivity contribution in [2.45, 2.75) is 129 Å². The van der Waals surface area contributed by atoms with Crippen LogP contribution in [0.2, 0.25) is 0 Å². The molecule has 6 aromatic carbocycles. The van der Waals surface area contributed by atoms with Gasteiger partial charge in [0, 0.05) is 109 Å². The molecule has 0 bridgehead atoms. The molecule has 1 amide bonds. The molecule has 1 aromatic heterocycles. The second kappa shape index (κ2) is 30.3. The minimum atomic E-state index is -0.593. The molecule has 0 spiro atoms. The van der Waals surface area contributed by atoms with Crippen LogP contribution < -0.4 is 48.4 Å². The molecule has 0 aliphatic carbocycles. The molecule has 98 heavy (non-hydrogen) atoms. The van der Waals surface area contributed by atoms with Gasteiger partial charge in [-0.15, -0.1) is 0 Å². The number of primary amides is 1. The lowest BCUT2D eigenvalue weighted by Gasteiger charge is -2.35. The van der Waals surface area contributed by atoms with Gasteiger partial charge >= 0.3 is 0 Å². The van der Waals surface area contributed by atoms with Crippen LogP contribution in [0.4, 0.5) is 0 Å². The van der Waals surface area contributed by atoms with Crippen molar-refractivity contribution in [1.29, 1.82) is 0 Å². The van der Waals surface area contributed by atoms with E-state index in [1.807, 2.05) is 53.7 Å². The molecule has 12 rings (SSSR count). The van der Waals surface area contributed by atoms with Gasteiger partial charge in [-0.1, -0.05) is 31.4 Å². The zero-order valence-electron chi connectivity index (χ0n) is 57.2. The molecule has 0 saturated carbocycles. The number of benzene rings is 6. The molecule has 8 N–H and O–H groups in total. The predicted molar refractivity (Wildman–Crippen MR) is 367 cm³/mol. The van der Waals surface area contributed by atoms with Crippen LogP contribution in [0.3, 0.4) is 0 Å². The van der Waals surface area contributed by atoms with Gasteiger partial charge in [0.15, 0.2) is 23.1 Å². The maximum atomic E-state index is 13.0. The van der Waals surface area contributed by atoms with E-state index in [0.29, 0.717) is 101 Å². The van der Waals surface area contributed by atoms with Crippen molar-refractivity contribution in [3.63, 3.8) is 0 Å². The zero-order valence-corrected chi connectivity index (χ0v) is 57.2. The van der Waals surface area contributed by atoms with Gasteiger partial charge in [0.05, 0.1) is 47.0 Å². The predicted octanol–water partition coefficient (Wildman–Crippen LogP) is 12.7. The largest absolute Gasteiger partial charge is 0.508 e. The summed E-state index contributed by atoms with van der Waals surface area (Å²) >= 11 is 0. The number of Topliss-reactive ketones (excluding diaryl/α,β-unsaturated/α-hetero) is 4. The van der Waals surface area contributed by atoms with E-state index < -0.39 is 28.3 Å². The van der Waals surface area contributed by atoms with Crippen molar-refractivity contribution >= 4 is 39.9 Å². The van der Waals surface area contributed by atoms with Crippen molar-refractivity contribution in [3.05, 3.63) is 150 Å². The summed E-state index contributed by atoms with van der Waals surface area (Å²) in [5.74, 6) is 2.92. The molecule has 522 valence electrons. The highest BCUT2D eigenvalue weighted by Gasteiger charge is 2.40. The summed E-state index contributed by atoms with van der Waals surface area (Å²) in [6.07, 6.45) is 9.20. The fraction of sp³-hybridized carbons (Fsp3) is 0.373. The second-order valence-electron chi connectivity index (χ2n) is 26.6. The van der Waals surface area contributed by atoms with Gasteiger partial charge in [-0.3, -0.25) is 24.0 Å². The number of piperidine rings is 1. The molecular formula is C75H87N3O20. The van der Waals surface area contributed by atoms with Crippen LogP contribution in [0.25, 0.3) is 10.9 Å². The minimum absolute atomic E-state index is 0.0263. The molecule has 0 radical (unpaired) electrons. The Morgan fingerprint density at radius 3 is 1.48 bits per heavy atom. The Labute approximate surface area is 569 Å². The number of ether oxygens (including phenoxy) is 9. The number of ketones is 4. The standard InChI is InChI=1S/C29H35N3O5.C15H18O4.C14H16O4.C11H12O4.C6H6O3/c1-29(2)17-23(33)26-25(36-4)16-24(35-3)21(27(26)37-29)10-13-31-11-8-20(9-12-31)32-14-7-18-5-6-19(28(30)34)15-22(18)32;1-5-6-18-10-7-12(17-4)14-11(16)9-15(2,3)19-13(14)8-10;1-4-5-17-9-6-10(15)13-11(16)8-14(2,3)18-12(13)7-9;1-11(2)5-8(14)10-7(13)3-6(12)4-9(10)15-11;7-4-1-5(8)3-6(9)2-4/h5-7,14-16,20H,8-13,17H2,1-4H3,(H2,30,34);5,7-8H,1,6,9H2,2-4H3;4,6-7,15H,1,5,8H2,2-3H3;3-4,12-13H,5H2,1-2H3;1-3,7-9H. The summed E-state index contributed by atoms with van der Waals surface area (Å²) in [4.78, 5) is 63.0. The Morgan fingerprint density at radius 2 is 0.980 bits per heavy atom. The number of fused-ring (bicyclic) bond motifs is 5. The molecule has 5 aliphatic heterocycles. The van der Waals surface area contributed by atoms with Crippen molar-refractivity contribution in [2.75, 3.05) is 54.2 Å². The van der Waals surface area contributed by atoms with Crippen LogP contribution in [0.5, 0.6) is 86.2 Å².